The molecule has 152 valence electrons. The fourth-order valence-electron chi connectivity index (χ4n) is 3.97. The van der Waals surface area contributed by atoms with E-state index in [1.54, 1.807) is 17.0 Å². The Labute approximate surface area is 176 Å². The van der Waals surface area contributed by atoms with E-state index in [2.05, 4.69) is 16.8 Å². The van der Waals surface area contributed by atoms with Gasteiger partial charge in [-0.2, -0.15) is 0 Å². The molecule has 29 heavy (non-hydrogen) atoms. The van der Waals surface area contributed by atoms with Gasteiger partial charge in [-0.1, -0.05) is 11.6 Å². The van der Waals surface area contributed by atoms with Gasteiger partial charge in [-0.25, -0.2) is 4.39 Å². The van der Waals surface area contributed by atoms with Crippen molar-refractivity contribution in [2.45, 2.75) is 12.8 Å². The normalized spacial score (nSPS) is 19.8. The summed E-state index contributed by atoms with van der Waals surface area (Å²) in [7, 11) is 2.11. The van der Waals surface area contributed by atoms with E-state index in [9.17, 15) is 9.18 Å². The average Bonchev–Trinajstić information content (AvgIpc) is 2.71. The van der Waals surface area contributed by atoms with Crippen LogP contribution in [0.25, 0.3) is 6.08 Å². The molecule has 2 heterocycles. The van der Waals surface area contributed by atoms with Crippen molar-refractivity contribution >= 4 is 35.0 Å². The molecule has 0 radical (unpaired) electrons. The number of likely N-dealkylation sites (N-methyl/N-ethyl adjacent to an activating group) is 1. The highest BCUT2D eigenvalue weighted by molar-refractivity contribution is 6.30. The van der Waals surface area contributed by atoms with Gasteiger partial charge in [0.2, 0.25) is 0 Å². The van der Waals surface area contributed by atoms with Gasteiger partial charge in [0.05, 0.1) is 0 Å². The van der Waals surface area contributed by atoms with Crippen molar-refractivity contribution in [1.29, 1.82) is 0 Å². The van der Waals surface area contributed by atoms with Crippen molar-refractivity contribution in [1.82, 2.24) is 4.90 Å². The molecule has 1 amide bonds. The minimum absolute atomic E-state index is 0.0211. The number of benzene rings is 2. The molecule has 0 bridgehead atoms. The zero-order valence-corrected chi connectivity index (χ0v) is 17.3. The van der Waals surface area contributed by atoms with Crippen molar-refractivity contribution in [3.8, 4) is 0 Å². The molecule has 0 atom stereocenters. The van der Waals surface area contributed by atoms with Gasteiger partial charge >= 0.3 is 0 Å². The van der Waals surface area contributed by atoms with Crippen molar-refractivity contribution in [3.05, 3.63) is 64.4 Å². The predicted molar refractivity (Wildman–Crippen MR) is 117 cm³/mol. The Hall–Kier alpha value is -2.37. The lowest BCUT2D eigenvalue weighted by Crippen LogP contribution is -2.44. The molecule has 2 aliphatic rings. The summed E-state index contributed by atoms with van der Waals surface area (Å²) in [5.41, 5.74) is 3.31. The van der Waals surface area contributed by atoms with E-state index >= 15 is 0 Å². The van der Waals surface area contributed by atoms with Crippen LogP contribution in [0.4, 0.5) is 15.8 Å². The number of hydrogen-bond donors (Lipinski definition) is 0. The van der Waals surface area contributed by atoms with E-state index in [0.29, 0.717) is 23.6 Å². The van der Waals surface area contributed by atoms with Crippen LogP contribution in [0, 0.1) is 5.82 Å². The third-order valence-corrected chi connectivity index (χ3v) is 5.90. The van der Waals surface area contributed by atoms with E-state index in [0.717, 1.165) is 49.5 Å². The van der Waals surface area contributed by atoms with Crippen LogP contribution < -0.4 is 9.80 Å². The molecule has 2 fully saturated rings. The molecule has 0 aromatic heterocycles. The van der Waals surface area contributed by atoms with Crippen molar-refractivity contribution in [2.75, 3.05) is 49.6 Å². The Kier molecular flexibility index (Phi) is 5.88. The molecule has 4 rings (SSSR count). The van der Waals surface area contributed by atoms with Gasteiger partial charge in [-0.15, -0.1) is 0 Å². The Morgan fingerprint density at radius 2 is 1.72 bits per heavy atom. The second-order valence-corrected chi connectivity index (χ2v) is 8.14. The van der Waals surface area contributed by atoms with Crippen molar-refractivity contribution < 1.29 is 9.18 Å². The number of carbonyl (C=O) groups is 1. The molecule has 0 unspecified atom stereocenters. The highest BCUT2D eigenvalue weighted by atomic mass is 35.5. The van der Waals surface area contributed by atoms with Crippen LogP contribution in [-0.4, -0.2) is 50.6 Å². The van der Waals surface area contributed by atoms with Crippen LogP contribution >= 0.6 is 11.6 Å². The quantitative estimate of drug-likeness (QED) is 0.696. The van der Waals surface area contributed by atoms with E-state index in [1.807, 2.05) is 24.3 Å². The van der Waals surface area contributed by atoms with Crippen molar-refractivity contribution in [2.24, 2.45) is 0 Å². The van der Waals surface area contributed by atoms with E-state index in [1.165, 1.54) is 12.1 Å². The maximum atomic E-state index is 14.0. The third-order valence-electron chi connectivity index (χ3n) is 5.65. The van der Waals surface area contributed by atoms with Crippen LogP contribution in [0.3, 0.4) is 0 Å². The summed E-state index contributed by atoms with van der Waals surface area (Å²) in [5, 5.41) is 0.644. The average molecular weight is 414 g/mol. The fourth-order valence-corrected chi connectivity index (χ4v) is 4.10. The maximum Gasteiger partial charge on any atom is 0.254 e. The third kappa shape index (κ3) is 4.46. The van der Waals surface area contributed by atoms with E-state index < -0.39 is 0 Å². The molecule has 0 aliphatic carbocycles. The molecular weight excluding hydrogens is 389 g/mol. The lowest BCUT2D eigenvalue weighted by Gasteiger charge is -2.35. The number of carbonyl (C=O) groups excluding carboxylic acids is 1. The van der Waals surface area contributed by atoms with Gasteiger partial charge in [-0.3, -0.25) is 4.79 Å². The summed E-state index contributed by atoms with van der Waals surface area (Å²) in [5.74, 6) is -0.306. The van der Waals surface area contributed by atoms with Gasteiger partial charge in [0, 0.05) is 60.3 Å². The maximum absolute atomic E-state index is 14.0. The standard InChI is InChI=1S/C23H25ClFN3O/c1-26-11-13-27(14-12-26)22-9-6-20(25)16-18(22)15-17-3-2-10-28(23(17)29)21-7-4-19(24)5-8-21/h4-9,15-16H,2-3,10-14H2,1H3. The number of anilines is 2. The molecule has 2 aromatic rings. The Balaban J connectivity index is 1.63. The largest absolute Gasteiger partial charge is 0.368 e. The van der Waals surface area contributed by atoms with Crippen LogP contribution in [0.5, 0.6) is 0 Å². The molecule has 2 saturated heterocycles. The second kappa shape index (κ2) is 8.56. The number of amides is 1. The SMILES string of the molecule is CN1CCN(c2ccc(F)cc2C=C2CCCN(c3ccc(Cl)cc3)C2=O)CC1. The summed E-state index contributed by atoms with van der Waals surface area (Å²) >= 11 is 5.98. The summed E-state index contributed by atoms with van der Waals surface area (Å²) < 4.78 is 14.0. The summed E-state index contributed by atoms with van der Waals surface area (Å²) in [6, 6.07) is 12.2. The van der Waals surface area contributed by atoms with Gasteiger partial charge in [0.1, 0.15) is 5.82 Å². The van der Waals surface area contributed by atoms with E-state index in [4.69, 9.17) is 11.6 Å². The zero-order chi connectivity index (χ0) is 20.4. The topological polar surface area (TPSA) is 26.8 Å². The molecular formula is C23H25ClFN3O. The Morgan fingerprint density at radius 3 is 2.45 bits per heavy atom. The van der Waals surface area contributed by atoms with Gasteiger partial charge in [-0.05, 0) is 68.4 Å². The summed E-state index contributed by atoms with van der Waals surface area (Å²) in [6.07, 6.45) is 3.45. The van der Waals surface area contributed by atoms with Crippen LogP contribution in [0.2, 0.25) is 5.02 Å². The summed E-state index contributed by atoms with van der Waals surface area (Å²) in [4.78, 5) is 19.5. The van der Waals surface area contributed by atoms with Crippen LogP contribution in [-0.2, 0) is 4.79 Å². The Bertz CT molecular complexity index is 920. The highest BCUT2D eigenvalue weighted by Crippen LogP contribution is 2.30. The number of rotatable bonds is 3. The second-order valence-electron chi connectivity index (χ2n) is 7.70. The van der Waals surface area contributed by atoms with Gasteiger partial charge in [0.15, 0.2) is 0 Å². The van der Waals surface area contributed by atoms with Crippen LogP contribution in [0.1, 0.15) is 18.4 Å². The number of piperidine rings is 1. The number of piperazine rings is 1. The minimum atomic E-state index is -0.285. The number of nitrogens with zero attached hydrogens (tertiary/aromatic N) is 3. The molecule has 2 aliphatic heterocycles. The predicted octanol–water partition coefficient (Wildman–Crippen LogP) is 4.44. The molecule has 0 saturated carbocycles. The van der Waals surface area contributed by atoms with E-state index in [-0.39, 0.29) is 11.7 Å². The first-order chi connectivity index (χ1) is 14.0. The van der Waals surface area contributed by atoms with Crippen molar-refractivity contribution in [3.63, 3.8) is 0 Å². The zero-order valence-electron chi connectivity index (χ0n) is 16.6. The first kappa shape index (κ1) is 19.9. The summed E-state index contributed by atoms with van der Waals surface area (Å²) in [6.45, 7) is 4.39. The van der Waals surface area contributed by atoms with Gasteiger partial charge < -0.3 is 14.7 Å². The lowest BCUT2D eigenvalue weighted by atomic mass is 9.99. The number of halogens is 2. The first-order valence-electron chi connectivity index (χ1n) is 10.0. The molecule has 6 heteroatoms. The number of hydrogen-bond acceptors (Lipinski definition) is 3. The minimum Gasteiger partial charge on any atom is -0.368 e. The monoisotopic (exact) mass is 413 g/mol. The highest BCUT2D eigenvalue weighted by Gasteiger charge is 2.25. The molecule has 0 N–H and O–H groups in total. The molecule has 4 nitrogen and oxygen atoms in total. The Morgan fingerprint density at radius 1 is 1.00 bits per heavy atom. The van der Waals surface area contributed by atoms with Crippen LogP contribution in [0.15, 0.2) is 48.0 Å². The smallest absolute Gasteiger partial charge is 0.254 e. The fraction of sp³-hybridized carbons (Fsp3) is 0.348. The first-order valence-corrected chi connectivity index (χ1v) is 10.4. The molecule has 0 spiro atoms. The van der Waals surface area contributed by atoms with Gasteiger partial charge in [0.25, 0.3) is 5.91 Å². The molecule has 2 aromatic carbocycles. The lowest BCUT2D eigenvalue weighted by molar-refractivity contribution is -0.115.